The minimum absolute atomic E-state index is 0.0867. The van der Waals surface area contributed by atoms with Crippen LogP contribution in [0.4, 0.5) is 0 Å². The summed E-state index contributed by atoms with van der Waals surface area (Å²) in [5, 5.41) is 5.55. The van der Waals surface area contributed by atoms with E-state index >= 15 is 0 Å². The molecule has 0 saturated heterocycles. The van der Waals surface area contributed by atoms with Gasteiger partial charge in [0.05, 0.1) is 12.3 Å². The second-order valence-electron chi connectivity index (χ2n) is 7.40. The highest BCUT2D eigenvalue weighted by atomic mass is 16.5. The molecule has 0 bridgehead atoms. The summed E-state index contributed by atoms with van der Waals surface area (Å²) >= 11 is 0. The van der Waals surface area contributed by atoms with Gasteiger partial charge in [-0.3, -0.25) is 9.59 Å². The van der Waals surface area contributed by atoms with Gasteiger partial charge in [-0.2, -0.15) is 0 Å². The van der Waals surface area contributed by atoms with Crippen LogP contribution in [-0.4, -0.2) is 24.5 Å². The largest absolute Gasteiger partial charge is 0.491 e. The summed E-state index contributed by atoms with van der Waals surface area (Å²) < 4.78 is 11.0. The van der Waals surface area contributed by atoms with Gasteiger partial charge < -0.3 is 19.8 Å². The van der Waals surface area contributed by atoms with Gasteiger partial charge in [0.1, 0.15) is 23.8 Å². The van der Waals surface area contributed by atoms with Gasteiger partial charge >= 0.3 is 0 Å². The van der Waals surface area contributed by atoms with Crippen molar-refractivity contribution in [1.29, 1.82) is 0 Å². The van der Waals surface area contributed by atoms with Gasteiger partial charge in [-0.25, -0.2) is 0 Å². The Kier molecular flexibility index (Phi) is 7.27. The van der Waals surface area contributed by atoms with Crippen LogP contribution in [0.15, 0.2) is 77.0 Å². The molecule has 1 atom stereocenters. The predicted molar refractivity (Wildman–Crippen MR) is 120 cm³/mol. The molecule has 6 nitrogen and oxygen atoms in total. The second kappa shape index (κ2) is 10.3. The highest BCUT2D eigenvalue weighted by Crippen LogP contribution is 2.12. The zero-order valence-electron chi connectivity index (χ0n) is 17.8. The maximum atomic E-state index is 12.9. The molecule has 0 aliphatic heterocycles. The molecule has 0 aliphatic rings. The number of hydrogen-bond donors (Lipinski definition) is 2. The fourth-order valence-electron chi connectivity index (χ4n) is 2.85. The van der Waals surface area contributed by atoms with Crippen LogP contribution >= 0.6 is 0 Å². The number of nitrogens with one attached hydrogen (secondary N) is 2. The van der Waals surface area contributed by atoms with E-state index in [1.165, 1.54) is 12.3 Å². The van der Waals surface area contributed by atoms with Crippen molar-refractivity contribution in [2.75, 3.05) is 6.61 Å². The van der Waals surface area contributed by atoms with Crippen molar-refractivity contribution in [3.05, 3.63) is 95.1 Å². The molecule has 3 aromatic rings. The molecule has 1 heterocycles. The molecule has 2 aromatic carbocycles. The Morgan fingerprint density at radius 2 is 1.81 bits per heavy atom. The normalized spacial score (nSPS) is 12.2. The second-order valence-corrected chi connectivity index (χ2v) is 7.40. The molecule has 31 heavy (non-hydrogen) atoms. The number of carbonyl (C=O) groups is 2. The summed E-state index contributed by atoms with van der Waals surface area (Å²) in [4.78, 5) is 25.6. The first-order valence-corrected chi connectivity index (χ1v) is 10.0. The van der Waals surface area contributed by atoms with Gasteiger partial charge in [0.2, 0.25) is 0 Å². The van der Waals surface area contributed by atoms with E-state index < -0.39 is 5.91 Å². The molecule has 0 aliphatic carbocycles. The third-order valence-corrected chi connectivity index (χ3v) is 4.50. The summed E-state index contributed by atoms with van der Waals surface area (Å²) in [5.74, 6) is 0.377. The molecule has 6 heteroatoms. The smallest absolute Gasteiger partial charge is 0.268 e. The topological polar surface area (TPSA) is 80.6 Å². The SMILES string of the molecule is Cc1ccc(OC[C@H](C)NC(=O)/C(=C/c2ccco2)NC(=O)c2cccc(C)c2)cc1. The third kappa shape index (κ3) is 6.60. The van der Waals surface area contributed by atoms with Crippen molar-refractivity contribution in [2.45, 2.75) is 26.8 Å². The van der Waals surface area contributed by atoms with Gasteiger partial charge in [-0.15, -0.1) is 0 Å². The first-order chi connectivity index (χ1) is 14.9. The van der Waals surface area contributed by atoms with E-state index in [1.54, 1.807) is 30.3 Å². The van der Waals surface area contributed by atoms with Crippen LogP contribution in [-0.2, 0) is 4.79 Å². The average molecular weight is 418 g/mol. The van der Waals surface area contributed by atoms with Crippen molar-refractivity contribution in [3.8, 4) is 5.75 Å². The molecular weight excluding hydrogens is 392 g/mol. The molecule has 2 N–H and O–H groups in total. The maximum Gasteiger partial charge on any atom is 0.268 e. The number of benzene rings is 2. The molecule has 0 saturated carbocycles. The number of carbonyl (C=O) groups excluding carboxylic acids is 2. The van der Waals surface area contributed by atoms with E-state index in [0.717, 1.165) is 16.9 Å². The van der Waals surface area contributed by atoms with E-state index in [-0.39, 0.29) is 24.3 Å². The molecule has 0 spiro atoms. The molecule has 0 unspecified atom stereocenters. The average Bonchev–Trinajstić information content (AvgIpc) is 3.26. The highest BCUT2D eigenvalue weighted by Gasteiger charge is 2.17. The number of rotatable bonds is 8. The van der Waals surface area contributed by atoms with Gasteiger partial charge in [-0.05, 0) is 57.2 Å². The number of hydrogen-bond acceptors (Lipinski definition) is 4. The van der Waals surface area contributed by atoms with E-state index in [9.17, 15) is 9.59 Å². The van der Waals surface area contributed by atoms with Crippen molar-refractivity contribution >= 4 is 17.9 Å². The Morgan fingerprint density at radius 1 is 1.03 bits per heavy atom. The molecule has 0 radical (unpaired) electrons. The first-order valence-electron chi connectivity index (χ1n) is 10.0. The summed E-state index contributed by atoms with van der Waals surface area (Å²) in [6.07, 6.45) is 3.00. The molecule has 0 fully saturated rings. The molecule has 2 amide bonds. The molecule has 3 rings (SSSR count). The predicted octanol–water partition coefficient (Wildman–Crippen LogP) is 4.25. The molecular formula is C25H26N2O4. The van der Waals surface area contributed by atoms with Gasteiger partial charge in [0, 0.05) is 11.6 Å². The Labute approximate surface area is 181 Å². The third-order valence-electron chi connectivity index (χ3n) is 4.50. The molecule has 160 valence electrons. The van der Waals surface area contributed by atoms with Crippen LogP contribution in [0, 0.1) is 13.8 Å². The van der Waals surface area contributed by atoms with Crippen LogP contribution in [0.25, 0.3) is 6.08 Å². The summed E-state index contributed by atoms with van der Waals surface area (Å²) in [6, 6.07) is 18.0. The number of aryl methyl sites for hydroxylation is 2. The van der Waals surface area contributed by atoms with Crippen LogP contribution < -0.4 is 15.4 Å². The van der Waals surface area contributed by atoms with Crippen LogP contribution in [0.1, 0.15) is 34.2 Å². The van der Waals surface area contributed by atoms with E-state index in [1.807, 2.05) is 51.1 Å². The molecule has 1 aromatic heterocycles. The summed E-state index contributed by atoms with van der Waals surface area (Å²) in [5.41, 5.74) is 2.65. The van der Waals surface area contributed by atoms with E-state index in [0.29, 0.717) is 11.3 Å². The van der Waals surface area contributed by atoms with E-state index in [4.69, 9.17) is 9.15 Å². The van der Waals surface area contributed by atoms with Gasteiger partial charge in [0.15, 0.2) is 0 Å². The van der Waals surface area contributed by atoms with Crippen molar-refractivity contribution < 1.29 is 18.7 Å². The van der Waals surface area contributed by atoms with Gasteiger partial charge in [0.25, 0.3) is 11.8 Å². The quantitative estimate of drug-likeness (QED) is 0.536. The maximum absolute atomic E-state index is 12.9. The number of amides is 2. The fraction of sp³-hybridized carbons (Fsp3) is 0.200. The lowest BCUT2D eigenvalue weighted by Gasteiger charge is -2.17. The highest BCUT2D eigenvalue weighted by molar-refractivity contribution is 6.05. The van der Waals surface area contributed by atoms with Crippen LogP contribution in [0.3, 0.4) is 0 Å². The number of furan rings is 1. The van der Waals surface area contributed by atoms with Crippen molar-refractivity contribution in [2.24, 2.45) is 0 Å². The Morgan fingerprint density at radius 3 is 2.48 bits per heavy atom. The lowest BCUT2D eigenvalue weighted by Crippen LogP contribution is -2.41. The Hall–Kier alpha value is -3.80. The Balaban J connectivity index is 1.67. The Bertz CT molecular complexity index is 1050. The lowest BCUT2D eigenvalue weighted by atomic mass is 10.1. The first kappa shape index (κ1) is 21.9. The van der Waals surface area contributed by atoms with Crippen LogP contribution in [0.2, 0.25) is 0 Å². The number of ether oxygens (including phenoxy) is 1. The summed E-state index contributed by atoms with van der Waals surface area (Å²) in [7, 11) is 0. The lowest BCUT2D eigenvalue weighted by molar-refractivity contribution is -0.118. The standard InChI is InChI=1S/C25H26N2O4/c1-17-9-11-21(12-10-17)31-16-19(3)26-25(29)23(15-22-8-5-13-30-22)27-24(28)20-7-4-6-18(2)14-20/h4-15,19H,16H2,1-3H3,(H,26,29)(H,27,28)/b23-15-/t19-/m0/s1. The minimum Gasteiger partial charge on any atom is -0.491 e. The summed E-state index contributed by atoms with van der Waals surface area (Å²) in [6.45, 7) is 6.02. The van der Waals surface area contributed by atoms with Crippen molar-refractivity contribution in [3.63, 3.8) is 0 Å². The fourth-order valence-corrected chi connectivity index (χ4v) is 2.85. The van der Waals surface area contributed by atoms with E-state index in [2.05, 4.69) is 10.6 Å². The monoisotopic (exact) mass is 418 g/mol. The van der Waals surface area contributed by atoms with Gasteiger partial charge in [-0.1, -0.05) is 35.4 Å². The van der Waals surface area contributed by atoms with Crippen LogP contribution in [0.5, 0.6) is 5.75 Å². The zero-order valence-corrected chi connectivity index (χ0v) is 17.8. The minimum atomic E-state index is -0.433. The van der Waals surface area contributed by atoms with Crippen molar-refractivity contribution in [1.82, 2.24) is 10.6 Å². The zero-order chi connectivity index (χ0) is 22.2.